The third-order valence-corrected chi connectivity index (χ3v) is 2.80. The summed E-state index contributed by atoms with van der Waals surface area (Å²) in [7, 11) is 0. The van der Waals surface area contributed by atoms with E-state index < -0.39 is 11.6 Å². The third-order valence-electron chi connectivity index (χ3n) is 2.80. The van der Waals surface area contributed by atoms with Crippen LogP contribution in [-0.2, 0) is 0 Å². The van der Waals surface area contributed by atoms with Crippen LogP contribution in [0.5, 0.6) is 0 Å². The molecule has 0 spiro atoms. The second-order valence-electron chi connectivity index (χ2n) is 4.17. The van der Waals surface area contributed by atoms with Gasteiger partial charge in [-0.2, -0.15) is 0 Å². The molecule has 1 aromatic carbocycles. The molecule has 2 rings (SSSR count). The maximum absolute atomic E-state index is 13.6. The average molecular weight is 248 g/mol. The Balaban J connectivity index is 2.25. The number of nitrogens with one attached hydrogen (secondary N) is 1. The van der Waals surface area contributed by atoms with E-state index in [1.807, 2.05) is 13.0 Å². The lowest BCUT2D eigenvalue weighted by atomic mass is 10.1. The Kier molecular flexibility index (Phi) is 3.55. The van der Waals surface area contributed by atoms with Crippen LogP contribution in [0, 0.1) is 18.6 Å². The molecule has 1 atom stereocenters. The molecule has 1 unspecified atom stereocenters. The number of hydrogen-bond acceptors (Lipinski definition) is 2. The molecule has 1 heterocycles. The van der Waals surface area contributed by atoms with Crippen LogP contribution in [0.25, 0.3) is 0 Å². The number of nitrogens with zero attached hydrogens (tertiary/aromatic N) is 1. The summed E-state index contributed by atoms with van der Waals surface area (Å²) in [6.07, 6.45) is 1.69. The highest BCUT2D eigenvalue weighted by Gasteiger charge is 2.12. The molecule has 4 heteroatoms. The maximum Gasteiger partial charge on any atom is 0.128 e. The first-order valence-electron chi connectivity index (χ1n) is 5.71. The SMILES string of the molecule is Cc1ncccc1NC(C)c1cc(F)ccc1F. The molecular formula is C14H14F2N2. The molecular weight excluding hydrogens is 234 g/mol. The average Bonchev–Trinajstić information content (AvgIpc) is 2.35. The molecule has 2 aromatic rings. The van der Waals surface area contributed by atoms with E-state index in [2.05, 4.69) is 10.3 Å². The lowest BCUT2D eigenvalue weighted by molar-refractivity contribution is 0.577. The van der Waals surface area contributed by atoms with Gasteiger partial charge in [-0.1, -0.05) is 0 Å². The Morgan fingerprint density at radius 1 is 1.22 bits per heavy atom. The molecule has 1 aromatic heterocycles. The van der Waals surface area contributed by atoms with Crippen molar-refractivity contribution in [2.45, 2.75) is 19.9 Å². The Morgan fingerprint density at radius 3 is 2.72 bits per heavy atom. The second kappa shape index (κ2) is 5.12. The molecule has 0 saturated carbocycles. The first-order chi connectivity index (χ1) is 8.58. The lowest BCUT2D eigenvalue weighted by Crippen LogP contribution is -2.10. The van der Waals surface area contributed by atoms with Gasteiger partial charge in [0.05, 0.1) is 17.4 Å². The van der Waals surface area contributed by atoms with E-state index in [4.69, 9.17) is 0 Å². The monoisotopic (exact) mass is 248 g/mol. The van der Waals surface area contributed by atoms with E-state index in [9.17, 15) is 8.78 Å². The van der Waals surface area contributed by atoms with Gasteiger partial charge in [-0.15, -0.1) is 0 Å². The van der Waals surface area contributed by atoms with E-state index in [0.29, 0.717) is 5.56 Å². The first kappa shape index (κ1) is 12.5. The number of anilines is 1. The third kappa shape index (κ3) is 2.64. The summed E-state index contributed by atoms with van der Waals surface area (Å²) < 4.78 is 26.7. The van der Waals surface area contributed by atoms with Crippen LogP contribution in [0.15, 0.2) is 36.5 Å². The van der Waals surface area contributed by atoms with E-state index in [0.717, 1.165) is 23.5 Å². The van der Waals surface area contributed by atoms with Gasteiger partial charge in [0, 0.05) is 11.8 Å². The molecule has 94 valence electrons. The summed E-state index contributed by atoms with van der Waals surface area (Å²) >= 11 is 0. The number of halogens is 2. The lowest BCUT2D eigenvalue weighted by Gasteiger charge is -2.17. The molecule has 0 bridgehead atoms. The fourth-order valence-electron chi connectivity index (χ4n) is 1.79. The standard InChI is InChI=1S/C14H14F2N2/c1-9(12-8-11(15)5-6-13(12)16)18-14-4-3-7-17-10(14)2/h3-9,18H,1-2H3. The number of aromatic nitrogens is 1. The Labute approximate surface area is 105 Å². The zero-order chi connectivity index (χ0) is 13.1. The van der Waals surface area contributed by atoms with E-state index in [-0.39, 0.29) is 6.04 Å². The van der Waals surface area contributed by atoms with Gasteiger partial charge in [0.1, 0.15) is 11.6 Å². The van der Waals surface area contributed by atoms with Crippen molar-refractivity contribution < 1.29 is 8.78 Å². The van der Waals surface area contributed by atoms with Crippen molar-refractivity contribution in [1.82, 2.24) is 4.98 Å². The van der Waals surface area contributed by atoms with Crippen LogP contribution < -0.4 is 5.32 Å². The van der Waals surface area contributed by atoms with Crippen LogP contribution in [0.2, 0.25) is 0 Å². The molecule has 0 aliphatic heterocycles. The number of hydrogen-bond donors (Lipinski definition) is 1. The van der Waals surface area contributed by atoms with Crippen LogP contribution in [0.1, 0.15) is 24.2 Å². The van der Waals surface area contributed by atoms with Gasteiger partial charge in [-0.25, -0.2) is 8.78 Å². The van der Waals surface area contributed by atoms with Gasteiger partial charge in [0.2, 0.25) is 0 Å². The van der Waals surface area contributed by atoms with Gasteiger partial charge in [-0.05, 0) is 44.2 Å². The van der Waals surface area contributed by atoms with Crippen molar-refractivity contribution in [3.05, 3.63) is 59.4 Å². The molecule has 0 aliphatic carbocycles. The zero-order valence-corrected chi connectivity index (χ0v) is 10.2. The molecule has 18 heavy (non-hydrogen) atoms. The van der Waals surface area contributed by atoms with Gasteiger partial charge >= 0.3 is 0 Å². The largest absolute Gasteiger partial charge is 0.377 e. The topological polar surface area (TPSA) is 24.9 Å². The predicted molar refractivity (Wildman–Crippen MR) is 67.4 cm³/mol. The van der Waals surface area contributed by atoms with Crippen molar-refractivity contribution in [2.75, 3.05) is 5.32 Å². The zero-order valence-electron chi connectivity index (χ0n) is 10.2. The van der Waals surface area contributed by atoms with Crippen molar-refractivity contribution in [3.8, 4) is 0 Å². The molecule has 0 fully saturated rings. The summed E-state index contributed by atoms with van der Waals surface area (Å²) in [6.45, 7) is 3.64. The molecule has 0 amide bonds. The normalized spacial score (nSPS) is 12.2. The molecule has 0 radical (unpaired) electrons. The molecule has 2 nitrogen and oxygen atoms in total. The highest BCUT2D eigenvalue weighted by atomic mass is 19.1. The number of aryl methyl sites for hydroxylation is 1. The van der Waals surface area contributed by atoms with Crippen LogP contribution in [0.4, 0.5) is 14.5 Å². The van der Waals surface area contributed by atoms with Gasteiger partial charge in [0.25, 0.3) is 0 Å². The van der Waals surface area contributed by atoms with Gasteiger partial charge < -0.3 is 5.32 Å². The number of benzene rings is 1. The van der Waals surface area contributed by atoms with Gasteiger partial charge in [-0.3, -0.25) is 4.98 Å². The van der Waals surface area contributed by atoms with Gasteiger partial charge in [0.15, 0.2) is 0 Å². The summed E-state index contributed by atoms with van der Waals surface area (Å²) in [5.74, 6) is -0.860. The van der Waals surface area contributed by atoms with Crippen molar-refractivity contribution in [2.24, 2.45) is 0 Å². The maximum atomic E-state index is 13.6. The molecule has 1 N–H and O–H groups in total. The summed E-state index contributed by atoms with van der Waals surface area (Å²) in [5, 5.41) is 3.13. The highest BCUT2D eigenvalue weighted by Crippen LogP contribution is 2.23. The second-order valence-corrected chi connectivity index (χ2v) is 4.17. The van der Waals surface area contributed by atoms with Crippen LogP contribution in [0.3, 0.4) is 0 Å². The summed E-state index contributed by atoms with van der Waals surface area (Å²) in [5.41, 5.74) is 1.94. The van der Waals surface area contributed by atoms with Crippen molar-refractivity contribution in [1.29, 1.82) is 0 Å². The van der Waals surface area contributed by atoms with E-state index >= 15 is 0 Å². The Bertz CT molecular complexity index is 555. The minimum absolute atomic E-state index is 0.304. The van der Waals surface area contributed by atoms with Crippen LogP contribution >= 0.6 is 0 Å². The van der Waals surface area contributed by atoms with Crippen molar-refractivity contribution in [3.63, 3.8) is 0 Å². The molecule has 0 saturated heterocycles. The predicted octanol–water partition coefficient (Wildman–Crippen LogP) is 3.84. The quantitative estimate of drug-likeness (QED) is 0.892. The van der Waals surface area contributed by atoms with Crippen LogP contribution in [-0.4, -0.2) is 4.98 Å². The molecule has 0 aliphatic rings. The first-order valence-corrected chi connectivity index (χ1v) is 5.71. The fraction of sp³-hybridized carbons (Fsp3) is 0.214. The summed E-state index contributed by atoms with van der Waals surface area (Å²) in [4.78, 5) is 4.14. The van der Waals surface area contributed by atoms with E-state index in [1.54, 1.807) is 19.2 Å². The fourth-order valence-corrected chi connectivity index (χ4v) is 1.79. The Hall–Kier alpha value is -1.97. The minimum atomic E-state index is -0.442. The minimum Gasteiger partial charge on any atom is -0.377 e. The smallest absolute Gasteiger partial charge is 0.128 e. The highest BCUT2D eigenvalue weighted by molar-refractivity contribution is 5.48. The number of rotatable bonds is 3. The number of pyridine rings is 1. The Morgan fingerprint density at radius 2 is 2.00 bits per heavy atom. The van der Waals surface area contributed by atoms with E-state index in [1.165, 1.54) is 6.07 Å². The summed E-state index contributed by atoms with van der Waals surface area (Å²) in [6, 6.07) is 6.78. The van der Waals surface area contributed by atoms with Crippen molar-refractivity contribution >= 4 is 5.69 Å².